The van der Waals surface area contributed by atoms with Crippen LogP contribution in [0.2, 0.25) is 0 Å². The number of aliphatic hydroxyl groups is 1. The summed E-state index contributed by atoms with van der Waals surface area (Å²) in [5.41, 5.74) is 2.14. The van der Waals surface area contributed by atoms with Crippen LogP contribution in [0.4, 0.5) is 0 Å². The van der Waals surface area contributed by atoms with E-state index in [4.69, 9.17) is 4.74 Å². The summed E-state index contributed by atoms with van der Waals surface area (Å²) in [5.74, 6) is -0.0482. The first-order valence-electron chi connectivity index (χ1n) is 6.83. The zero-order valence-electron chi connectivity index (χ0n) is 11.3. The fourth-order valence-electron chi connectivity index (χ4n) is 2.25. The molecule has 1 aliphatic heterocycles. The lowest BCUT2D eigenvalue weighted by Gasteiger charge is -2.28. The SMILES string of the molecule is CCCc1ccc(C(O)CN2CCOCC2=O)cc1. The van der Waals surface area contributed by atoms with Crippen LogP contribution in [0.25, 0.3) is 0 Å². The third-order valence-electron chi connectivity index (χ3n) is 3.38. The number of hydrogen-bond acceptors (Lipinski definition) is 3. The first kappa shape index (κ1) is 14.0. The molecule has 1 atom stereocenters. The first-order valence-corrected chi connectivity index (χ1v) is 6.83. The number of ether oxygens (including phenoxy) is 1. The van der Waals surface area contributed by atoms with E-state index in [0.717, 1.165) is 18.4 Å². The Balaban J connectivity index is 1.94. The Bertz CT molecular complexity index is 416. The maximum absolute atomic E-state index is 11.6. The van der Waals surface area contributed by atoms with Gasteiger partial charge in [-0.15, -0.1) is 0 Å². The molecular formula is C15H21NO3. The summed E-state index contributed by atoms with van der Waals surface area (Å²) in [5, 5.41) is 10.2. The highest BCUT2D eigenvalue weighted by molar-refractivity contribution is 5.78. The summed E-state index contributed by atoms with van der Waals surface area (Å²) in [7, 11) is 0. The Morgan fingerprint density at radius 1 is 1.37 bits per heavy atom. The van der Waals surface area contributed by atoms with E-state index >= 15 is 0 Å². The third-order valence-corrected chi connectivity index (χ3v) is 3.38. The number of benzene rings is 1. The minimum Gasteiger partial charge on any atom is -0.387 e. The maximum Gasteiger partial charge on any atom is 0.248 e. The van der Waals surface area contributed by atoms with Crippen molar-refractivity contribution in [1.82, 2.24) is 4.90 Å². The van der Waals surface area contributed by atoms with Gasteiger partial charge in [-0.3, -0.25) is 4.79 Å². The van der Waals surface area contributed by atoms with Gasteiger partial charge in [0.1, 0.15) is 6.61 Å². The number of aryl methyl sites for hydroxylation is 1. The second-order valence-electron chi connectivity index (χ2n) is 4.90. The second-order valence-corrected chi connectivity index (χ2v) is 4.90. The van der Waals surface area contributed by atoms with Crippen LogP contribution in [0.3, 0.4) is 0 Å². The van der Waals surface area contributed by atoms with Crippen molar-refractivity contribution in [3.05, 3.63) is 35.4 Å². The molecule has 19 heavy (non-hydrogen) atoms. The molecule has 1 N–H and O–H groups in total. The highest BCUT2D eigenvalue weighted by atomic mass is 16.5. The van der Waals surface area contributed by atoms with E-state index in [1.807, 2.05) is 24.3 Å². The molecule has 0 aromatic heterocycles. The monoisotopic (exact) mass is 263 g/mol. The normalized spacial score (nSPS) is 17.6. The molecule has 1 aromatic carbocycles. The molecule has 104 valence electrons. The number of amides is 1. The van der Waals surface area contributed by atoms with Crippen LogP contribution < -0.4 is 0 Å². The number of carbonyl (C=O) groups is 1. The Labute approximate surface area is 114 Å². The van der Waals surface area contributed by atoms with Gasteiger partial charge >= 0.3 is 0 Å². The average Bonchev–Trinajstić information content (AvgIpc) is 2.42. The molecule has 1 fully saturated rings. The molecule has 4 heteroatoms. The van der Waals surface area contributed by atoms with Gasteiger partial charge in [0.25, 0.3) is 0 Å². The molecule has 4 nitrogen and oxygen atoms in total. The van der Waals surface area contributed by atoms with Gasteiger partial charge in [0, 0.05) is 6.54 Å². The predicted octanol–water partition coefficient (Wildman–Crippen LogP) is 1.53. The van der Waals surface area contributed by atoms with Crippen molar-refractivity contribution in [2.45, 2.75) is 25.9 Å². The lowest BCUT2D eigenvalue weighted by atomic mass is 10.0. The number of β-amino-alcohol motifs (C(OH)–C–C–N with tert-alkyl or cyclic N) is 1. The molecule has 0 spiro atoms. The van der Waals surface area contributed by atoms with E-state index < -0.39 is 6.10 Å². The lowest BCUT2D eigenvalue weighted by Crippen LogP contribution is -2.43. The highest BCUT2D eigenvalue weighted by Gasteiger charge is 2.21. The van der Waals surface area contributed by atoms with Crippen molar-refractivity contribution >= 4 is 5.91 Å². The van der Waals surface area contributed by atoms with Crippen LogP contribution in [0.1, 0.15) is 30.6 Å². The number of aliphatic hydroxyl groups excluding tert-OH is 1. The molecule has 1 saturated heterocycles. The first-order chi connectivity index (χ1) is 9.20. The van der Waals surface area contributed by atoms with Crippen LogP contribution >= 0.6 is 0 Å². The average molecular weight is 263 g/mol. The summed E-state index contributed by atoms with van der Waals surface area (Å²) in [6.07, 6.45) is 1.54. The van der Waals surface area contributed by atoms with Gasteiger partial charge in [-0.25, -0.2) is 0 Å². The van der Waals surface area contributed by atoms with Gasteiger partial charge in [-0.05, 0) is 17.5 Å². The van der Waals surface area contributed by atoms with Gasteiger partial charge in [-0.2, -0.15) is 0 Å². The van der Waals surface area contributed by atoms with Gasteiger partial charge < -0.3 is 14.7 Å². The lowest BCUT2D eigenvalue weighted by molar-refractivity contribution is -0.144. The fraction of sp³-hybridized carbons (Fsp3) is 0.533. The summed E-state index contributed by atoms with van der Waals surface area (Å²) in [6.45, 7) is 3.72. The Hall–Kier alpha value is -1.39. The largest absolute Gasteiger partial charge is 0.387 e. The number of rotatable bonds is 5. The minimum absolute atomic E-state index is 0.0482. The van der Waals surface area contributed by atoms with E-state index in [2.05, 4.69) is 6.92 Å². The van der Waals surface area contributed by atoms with Crippen molar-refractivity contribution in [3.8, 4) is 0 Å². The van der Waals surface area contributed by atoms with Crippen LogP contribution in [0.15, 0.2) is 24.3 Å². The predicted molar refractivity (Wildman–Crippen MR) is 72.8 cm³/mol. The maximum atomic E-state index is 11.6. The molecule has 0 saturated carbocycles. The third kappa shape index (κ3) is 3.78. The molecule has 1 aromatic rings. The number of carbonyl (C=O) groups excluding carboxylic acids is 1. The molecule has 1 unspecified atom stereocenters. The molecule has 1 aliphatic rings. The van der Waals surface area contributed by atoms with Crippen LogP contribution in [0, 0.1) is 0 Å². The molecule has 0 aliphatic carbocycles. The van der Waals surface area contributed by atoms with E-state index in [-0.39, 0.29) is 12.5 Å². The van der Waals surface area contributed by atoms with Crippen LogP contribution in [-0.2, 0) is 16.0 Å². The second kappa shape index (κ2) is 6.68. The Morgan fingerprint density at radius 2 is 2.11 bits per heavy atom. The summed E-state index contributed by atoms with van der Waals surface area (Å²) >= 11 is 0. The number of morpholine rings is 1. The molecule has 1 amide bonds. The summed E-state index contributed by atoms with van der Waals surface area (Å²) in [6, 6.07) is 7.98. The topological polar surface area (TPSA) is 49.8 Å². The van der Waals surface area contributed by atoms with Gasteiger partial charge in [0.05, 0.1) is 19.3 Å². The summed E-state index contributed by atoms with van der Waals surface area (Å²) < 4.78 is 5.07. The van der Waals surface area contributed by atoms with Crippen molar-refractivity contribution < 1.29 is 14.6 Å². The standard InChI is InChI=1S/C15H21NO3/c1-2-3-12-4-6-13(7-5-12)14(17)10-16-8-9-19-11-15(16)18/h4-7,14,17H,2-3,8-11H2,1H3. The van der Waals surface area contributed by atoms with Crippen molar-refractivity contribution in [1.29, 1.82) is 0 Å². The van der Waals surface area contributed by atoms with E-state index in [9.17, 15) is 9.90 Å². The van der Waals surface area contributed by atoms with Crippen LogP contribution in [0.5, 0.6) is 0 Å². The zero-order valence-corrected chi connectivity index (χ0v) is 11.3. The minimum atomic E-state index is -0.627. The van der Waals surface area contributed by atoms with Crippen molar-refractivity contribution in [3.63, 3.8) is 0 Å². The zero-order chi connectivity index (χ0) is 13.7. The molecular weight excluding hydrogens is 242 g/mol. The molecule has 0 bridgehead atoms. The smallest absolute Gasteiger partial charge is 0.248 e. The quantitative estimate of drug-likeness (QED) is 0.876. The Kier molecular flexibility index (Phi) is 4.93. The van der Waals surface area contributed by atoms with Gasteiger partial charge in [0.2, 0.25) is 5.91 Å². The highest BCUT2D eigenvalue weighted by Crippen LogP contribution is 2.17. The number of nitrogens with zero attached hydrogens (tertiary/aromatic N) is 1. The van der Waals surface area contributed by atoms with E-state index in [0.29, 0.717) is 19.7 Å². The van der Waals surface area contributed by atoms with E-state index in [1.165, 1.54) is 5.56 Å². The Morgan fingerprint density at radius 3 is 2.74 bits per heavy atom. The molecule has 2 rings (SSSR count). The molecule has 1 heterocycles. The number of hydrogen-bond donors (Lipinski definition) is 1. The van der Waals surface area contributed by atoms with Gasteiger partial charge in [-0.1, -0.05) is 37.6 Å². The van der Waals surface area contributed by atoms with E-state index in [1.54, 1.807) is 4.90 Å². The van der Waals surface area contributed by atoms with Crippen molar-refractivity contribution in [2.75, 3.05) is 26.3 Å². The van der Waals surface area contributed by atoms with Crippen molar-refractivity contribution in [2.24, 2.45) is 0 Å². The fourth-order valence-corrected chi connectivity index (χ4v) is 2.25. The molecule has 0 radical (unpaired) electrons. The van der Waals surface area contributed by atoms with Crippen LogP contribution in [-0.4, -0.2) is 42.2 Å². The summed E-state index contributed by atoms with van der Waals surface area (Å²) in [4.78, 5) is 13.3. The van der Waals surface area contributed by atoms with Gasteiger partial charge in [0.15, 0.2) is 0 Å².